The van der Waals surface area contributed by atoms with Crippen molar-refractivity contribution < 1.29 is 9.90 Å². The Bertz CT molecular complexity index is 1320. The van der Waals surface area contributed by atoms with Crippen LogP contribution in [-0.2, 0) is 0 Å². The van der Waals surface area contributed by atoms with Crippen LogP contribution in [0.2, 0.25) is 5.02 Å². The maximum Gasteiger partial charge on any atom is 0.311 e. The fourth-order valence-corrected chi connectivity index (χ4v) is 5.04. The zero-order valence-corrected chi connectivity index (χ0v) is 20.3. The Morgan fingerprint density at radius 3 is 2.61 bits per heavy atom. The SMILES string of the molecule is O=C1N=C(N2N=C(c3ccccc3)CC2c2ccc(Cl)cc2)/C(=C/c2cc(Br)ccc2O)S1. The number of nitrogens with zero attached hydrogens (tertiary/aromatic N) is 3. The Morgan fingerprint density at radius 2 is 1.85 bits per heavy atom. The third-order valence-electron chi connectivity index (χ3n) is 5.38. The van der Waals surface area contributed by atoms with Gasteiger partial charge in [0, 0.05) is 21.5 Å². The molecular formula is C25H17BrClN3O2S. The summed E-state index contributed by atoms with van der Waals surface area (Å²) in [6, 6.07) is 22.6. The highest BCUT2D eigenvalue weighted by Crippen LogP contribution is 2.40. The van der Waals surface area contributed by atoms with E-state index in [1.165, 1.54) is 0 Å². The number of hydrogen-bond acceptors (Lipinski definition) is 5. The number of aromatic hydroxyl groups is 1. The minimum Gasteiger partial charge on any atom is -0.507 e. The lowest BCUT2D eigenvalue weighted by molar-refractivity contribution is 0.267. The zero-order chi connectivity index (χ0) is 22.9. The minimum absolute atomic E-state index is 0.120. The zero-order valence-electron chi connectivity index (χ0n) is 17.2. The highest BCUT2D eigenvalue weighted by molar-refractivity contribution is 9.10. The van der Waals surface area contributed by atoms with E-state index in [4.69, 9.17) is 16.7 Å². The first-order valence-electron chi connectivity index (χ1n) is 10.2. The number of benzene rings is 3. The molecule has 0 aromatic heterocycles. The van der Waals surface area contributed by atoms with E-state index < -0.39 is 0 Å². The number of rotatable bonds is 3. The average molecular weight is 539 g/mol. The maximum absolute atomic E-state index is 12.4. The van der Waals surface area contributed by atoms with Crippen LogP contribution in [0.15, 0.2) is 92.3 Å². The average Bonchev–Trinajstić information content (AvgIpc) is 3.41. The number of thioether (sulfide) groups is 1. The van der Waals surface area contributed by atoms with Crippen molar-refractivity contribution in [2.45, 2.75) is 12.5 Å². The second-order valence-electron chi connectivity index (χ2n) is 7.54. The van der Waals surface area contributed by atoms with Gasteiger partial charge in [-0.1, -0.05) is 70.0 Å². The van der Waals surface area contributed by atoms with E-state index in [1.54, 1.807) is 24.3 Å². The molecule has 0 bridgehead atoms. The summed E-state index contributed by atoms with van der Waals surface area (Å²) in [6.07, 6.45) is 2.42. The standard InChI is InChI=1S/C25H17BrClN3O2S/c26-18-8-11-22(31)17(12-18)13-23-24(28-25(32)33-23)30-21(16-6-9-19(27)10-7-16)14-20(29-30)15-4-2-1-3-5-15/h1-13,21,31H,14H2/b23-13-. The fourth-order valence-electron chi connectivity index (χ4n) is 3.80. The van der Waals surface area contributed by atoms with Gasteiger partial charge >= 0.3 is 5.24 Å². The minimum atomic E-state index is -0.316. The van der Waals surface area contributed by atoms with Gasteiger partial charge in [-0.3, -0.25) is 4.79 Å². The second-order valence-corrected chi connectivity index (χ2v) is 9.89. The molecule has 0 saturated carbocycles. The van der Waals surface area contributed by atoms with Crippen molar-refractivity contribution in [1.29, 1.82) is 0 Å². The number of halogens is 2. The van der Waals surface area contributed by atoms with Gasteiger partial charge in [-0.15, -0.1) is 0 Å². The first-order valence-corrected chi connectivity index (χ1v) is 12.2. The number of phenolic OH excluding ortho intramolecular Hbond substituents is 1. The van der Waals surface area contributed by atoms with Gasteiger partial charge in [0.15, 0.2) is 5.84 Å². The molecule has 1 N–H and O–H groups in total. The van der Waals surface area contributed by atoms with Gasteiger partial charge in [-0.2, -0.15) is 10.1 Å². The second kappa shape index (κ2) is 9.17. The van der Waals surface area contributed by atoms with Crippen LogP contribution in [0.25, 0.3) is 6.08 Å². The van der Waals surface area contributed by atoms with Gasteiger partial charge in [0.2, 0.25) is 0 Å². The number of amides is 1. The smallest absolute Gasteiger partial charge is 0.311 e. The molecule has 2 aliphatic rings. The van der Waals surface area contributed by atoms with Crippen LogP contribution in [0.1, 0.15) is 29.2 Å². The Kier molecular flexibility index (Phi) is 6.10. The van der Waals surface area contributed by atoms with Gasteiger partial charge in [0.05, 0.1) is 16.7 Å². The molecule has 0 spiro atoms. The summed E-state index contributed by atoms with van der Waals surface area (Å²) in [7, 11) is 0. The van der Waals surface area contributed by atoms with Crippen molar-refractivity contribution in [2.75, 3.05) is 0 Å². The summed E-state index contributed by atoms with van der Waals surface area (Å²) in [5.74, 6) is 0.587. The van der Waals surface area contributed by atoms with Crippen molar-refractivity contribution >= 4 is 62.2 Å². The molecule has 0 radical (unpaired) electrons. The molecule has 3 aromatic rings. The molecule has 2 heterocycles. The van der Waals surface area contributed by atoms with Gasteiger partial charge in [0.25, 0.3) is 0 Å². The third kappa shape index (κ3) is 4.62. The lowest BCUT2D eigenvalue weighted by atomic mass is 9.98. The molecule has 5 nitrogen and oxygen atoms in total. The molecule has 1 atom stereocenters. The van der Waals surface area contributed by atoms with Gasteiger partial charge in [0.1, 0.15) is 5.75 Å². The van der Waals surface area contributed by atoms with E-state index in [1.807, 2.05) is 59.6 Å². The number of hydrogen-bond donors (Lipinski definition) is 1. The molecule has 2 aliphatic heterocycles. The van der Waals surface area contributed by atoms with Crippen molar-refractivity contribution in [3.63, 3.8) is 0 Å². The summed E-state index contributed by atoms with van der Waals surface area (Å²) in [5, 5.41) is 17.4. The van der Waals surface area contributed by atoms with E-state index in [9.17, 15) is 9.90 Å². The number of carbonyl (C=O) groups is 1. The van der Waals surface area contributed by atoms with Crippen LogP contribution in [-0.4, -0.2) is 26.9 Å². The summed E-state index contributed by atoms with van der Waals surface area (Å²) >= 11 is 10.6. The molecule has 5 rings (SSSR count). The van der Waals surface area contributed by atoms with E-state index in [0.29, 0.717) is 27.7 Å². The first kappa shape index (κ1) is 21.9. The normalized spacial score (nSPS) is 19.2. The predicted molar refractivity (Wildman–Crippen MR) is 138 cm³/mol. The third-order valence-corrected chi connectivity index (χ3v) is 6.91. The first-order chi connectivity index (χ1) is 16.0. The molecule has 1 unspecified atom stereocenters. The molecular weight excluding hydrogens is 522 g/mol. The quantitative estimate of drug-likeness (QED) is 0.381. The van der Waals surface area contributed by atoms with Crippen molar-refractivity contribution in [3.8, 4) is 5.75 Å². The van der Waals surface area contributed by atoms with Crippen molar-refractivity contribution in [1.82, 2.24) is 5.01 Å². The maximum atomic E-state index is 12.4. The van der Waals surface area contributed by atoms with E-state index in [0.717, 1.165) is 33.1 Å². The Labute approximate surface area is 208 Å². The molecule has 1 amide bonds. The number of carbonyl (C=O) groups excluding carboxylic acids is 1. The van der Waals surface area contributed by atoms with Crippen LogP contribution in [0.5, 0.6) is 5.75 Å². The van der Waals surface area contributed by atoms with Crippen molar-refractivity contribution in [3.05, 3.63) is 104 Å². The summed E-state index contributed by atoms with van der Waals surface area (Å²) < 4.78 is 0.824. The molecule has 8 heteroatoms. The van der Waals surface area contributed by atoms with Gasteiger partial charge in [-0.05, 0) is 59.3 Å². The van der Waals surface area contributed by atoms with Gasteiger partial charge < -0.3 is 5.11 Å². The highest BCUT2D eigenvalue weighted by Gasteiger charge is 2.37. The summed E-state index contributed by atoms with van der Waals surface area (Å²) in [4.78, 5) is 17.3. The number of aliphatic imine (C=N–C) groups is 1. The van der Waals surface area contributed by atoms with Crippen LogP contribution in [0.4, 0.5) is 4.79 Å². The molecule has 0 aliphatic carbocycles. The summed E-state index contributed by atoms with van der Waals surface area (Å²) in [5.41, 5.74) is 3.54. The van der Waals surface area contributed by atoms with Crippen LogP contribution in [0, 0.1) is 0 Å². The predicted octanol–water partition coefficient (Wildman–Crippen LogP) is 7.27. The molecule has 33 heavy (non-hydrogen) atoms. The van der Waals surface area contributed by atoms with Crippen LogP contribution < -0.4 is 0 Å². The molecule has 0 saturated heterocycles. The lowest BCUT2D eigenvalue weighted by Gasteiger charge is -2.24. The monoisotopic (exact) mass is 537 g/mol. The molecule has 164 valence electrons. The van der Waals surface area contributed by atoms with Crippen molar-refractivity contribution in [2.24, 2.45) is 10.1 Å². The Balaban J connectivity index is 1.59. The van der Waals surface area contributed by atoms with E-state index in [2.05, 4.69) is 20.9 Å². The van der Waals surface area contributed by atoms with Crippen LogP contribution in [0.3, 0.4) is 0 Å². The number of phenols is 1. The van der Waals surface area contributed by atoms with Gasteiger partial charge in [-0.25, -0.2) is 5.01 Å². The largest absolute Gasteiger partial charge is 0.507 e. The molecule has 3 aromatic carbocycles. The van der Waals surface area contributed by atoms with Crippen LogP contribution >= 0.6 is 39.3 Å². The fraction of sp³-hybridized carbons (Fsp3) is 0.0800. The topological polar surface area (TPSA) is 65.3 Å². The van der Waals surface area contributed by atoms with E-state index >= 15 is 0 Å². The Hall–Kier alpha value is -2.87. The molecule has 0 fully saturated rings. The Morgan fingerprint density at radius 1 is 1.09 bits per heavy atom. The van der Waals surface area contributed by atoms with E-state index in [-0.39, 0.29) is 17.0 Å². The lowest BCUT2D eigenvalue weighted by Crippen LogP contribution is -2.26. The highest BCUT2D eigenvalue weighted by atomic mass is 79.9. The number of hydrazone groups is 1. The number of amidine groups is 1. The summed E-state index contributed by atoms with van der Waals surface area (Å²) in [6.45, 7) is 0.